The summed E-state index contributed by atoms with van der Waals surface area (Å²) in [7, 11) is 0. The van der Waals surface area contributed by atoms with Gasteiger partial charge in [0.1, 0.15) is 40.4 Å². The molecule has 18 heteroatoms. The molecule has 0 amide bonds. The Bertz CT molecular complexity index is 4290. The van der Waals surface area contributed by atoms with Crippen LogP contribution in [0.15, 0.2) is 207 Å². The molecule has 14 nitrogen and oxygen atoms in total. The van der Waals surface area contributed by atoms with Gasteiger partial charge in [-0.15, -0.1) is 0 Å². The number of pyridine rings is 2. The van der Waals surface area contributed by atoms with Crippen molar-refractivity contribution in [3.63, 3.8) is 0 Å². The predicted molar refractivity (Wildman–Crippen MR) is 412 cm³/mol. The summed E-state index contributed by atoms with van der Waals surface area (Å²) in [5, 5.41) is 0. The van der Waals surface area contributed by atoms with Crippen molar-refractivity contribution in [1.82, 2.24) is 19.9 Å². The second-order valence-corrected chi connectivity index (χ2v) is 32.2. The number of anilines is 5. The fraction of sp³-hybridized carbons (Fsp3) is 0.356. The number of hydrogen-bond donors (Lipinski definition) is 0. The van der Waals surface area contributed by atoms with Crippen LogP contribution in [0.1, 0.15) is 165 Å². The molecule has 3 aromatic heterocycles. The Morgan fingerprint density at radius 2 is 0.638 bits per heavy atom. The van der Waals surface area contributed by atoms with Gasteiger partial charge in [0.05, 0.1) is 18.7 Å². The van der Waals surface area contributed by atoms with Gasteiger partial charge in [0.25, 0.3) is 0 Å². The van der Waals surface area contributed by atoms with Crippen LogP contribution in [-0.2, 0) is 66.0 Å². The normalized spacial score (nSPS) is 14.7. The minimum Gasteiger partial charge on any atom is -0.473 e. The molecule has 0 bridgehead atoms. The average Bonchev–Trinajstić information content (AvgIpc) is 0.797. The zero-order valence-corrected chi connectivity index (χ0v) is 63.3. The molecule has 0 N–H and O–H groups in total. The van der Waals surface area contributed by atoms with E-state index >= 15 is 0 Å². The molecule has 0 radical (unpaired) electrons. The van der Waals surface area contributed by atoms with Crippen molar-refractivity contribution in [1.29, 1.82) is 0 Å². The first-order valence-corrected chi connectivity index (χ1v) is 35.8. The van der Waals surface area contributed by atoms with E-state index in [1.54, 1.807) is 30.6 Å². The minimum absolute atomic E-state index is 0.00745. The summed E-state index contributed by atoms with van der Waals surface area (Å²) in [6, 6.07) is 55.6. The van der Waals surface area contributed by atoms with Crippen molar-refractivity contribution in [2.75, 3.05) is 58.2 Å². The maximum atomic E-state index is 13.0. The summed E-state index contributed by atoms with van der Waals surface area (Å²) in [5.41, 5.74) is 14.9. The van der Waals surface area contributed by atoms with Crippen LogP contribution in [0, 0.1) is 5.82 Å². The molecule has 7 aromatic carbocycles. The molecule has 15 rings (SSSR count). The van der Waals surface area contributed by atoms with Crippen LogP contribution in [0.25, 0.3) is 0 Å². The van der Waals surface area contributed by atoms with Gasteiger partial charge in [-0.1, -0.05) is 146 Å². The van der Waals surface area contributed by atoms with Crippen molar-refractivity contribution < 1.29 is 41.2 Å². The number of ether oxygens (including phenoxy) is 5. The van der Waals surface area contributed by atoms with E-state index in [0.717, 1.165) is 83.7 Å². The molecular formula is C87H99F4N9O5. The predicted octanol–water partition coefficient (Wildman–Crippen LogP) is 20.4. The first-order chi connectivity index (χ1) is 49.7. The smallest absolute Gasteiger partial charge is 0.416 e. The average molecular weight is 1430 g/mol. The van der Waals surface area contributed by atoms with E-state index in [9.17, 15) is 17.6 Å². The Kier molecular flexibility index (Phi) is 22.8. The van der Waals surface area contributed by atoms with Gasteiger partial charge in [-0.05, 0) is 188 Å². The van der Waals surface area contributed by atoms with E-state index in [-0.39, 0.29) is 39.6 Å². The molecule has 5 aliphatic rings. The Morgan fingerprint density at radius 3 is 1.01 bits per heavy atom. The molecule has 8 heterocycles. The SMILES string of the molecule is CC(C)(C)c1ccc2c(c1)CN(c1ccc(F)cc1)CO2.CC(C)(C)c1ccc2c(c1)CN(c1cccc(C(F)(F)F)c1)CO2.CC(C)(C)c1ccc2c(c1)CN(c1ccccn1)CO2.CC(C)(C)c1ccc2c(c1)CN(c1ccncc1)CO2.CC(C)(C)c1ccc2c(c1)CN(c1ncccn1)CO2. The summed E-state index contributed by atoms with van der Waals surface area (Å²) >= 11 is 0. The fourth-order valence-electron chi connectivity index (χ4n) is 12.4. The van der Waals surface area contributed by atoms with E-state index in [4.69, 9.17) is 23.7 Å². The third kappa shape index (κ3) is 19.7. The summed E-state index contributed by atoms with van der Waals surface area (Å²) in [4.78, 5) is 27.3. The van der Waals surface area contributed by atoms with Gasteiger partial charge in [-0.3, -0.25) is 4.98 Å². The zero-order chi connectivity index (χ0) is 75.1. The molecule has 550 valence electrons. The maximum absolute atomic E-state index is 13.0. The van der Waals surface area contributed by atoms with Crippen molar-refractivity contribution in [3.05, 3.63) is 274 Å². The highest BCUT2D eigenvalue weighted by molar-refractivity contribution is 5.56. The van der Waals surface area contributed by atoms with Crippen LogP contribution in [0.2, 0.25) is 0 Å². The first-order valence-electron chi connectivity index (χ1n) is 35.8. The summed E-state index contributed by atoms with van der Waals surface area (Å²) in [5.74, 6) is 6.15. The molecule has 0 saturated heterocycles. The van der Waals surface area contributed by atoms with Crippen molar-refractivity contribution >= 4 is 28.8 Å². The third-order valence-electron chi connectivity index (χ3n) is 18.9. The zero-order valence-electron chi connectivity index (χ0n) is 63.3. The number of alkyl halides is 3. The molecule has 0 atom stereocenters. The van der Waals surface area contributed by atoms with E-state index in [1.165, 1.54) is 74.3 Å². The van der Waals surface area contributed by atoms with E-state index < -0.39 is 11.7 Å². The van der Waals surface area contributed by atoms with Crippen LogP contribution in [-0.4, -0.2) is 53.6 Å². The highest BCUT2D eigenvalue weighted by Crippen LogP contribution is 2.40. The van der Waals surface area contributed by atoms with Crippen molar-refractivity contribution in [2.45, 2.75) is 170 Å². The topological polar surface area (TPSA) is 114 Å². The third-order valence-corrected chi connectivity index (χ3v) is 18.9. The number of fused-ring (bicyclic) bond motifs is 5. The summed E-state index contributed by atoms with van der Waals surface area (Å²) in [6.07, 6.45) is 4.61. The van der Waals surface area contributed by atoms with Crippen LogP contribution >= 0.6 is 0 Å². The van der Waals surface area contributed by atoms with E-state index in [2.05, 4.69) is 217 Å². The molecule has 0 unspecified atom stereocenters. The fourth-order valence-corrected chi connectivity index (χ4v) is 12.4. The Hall–Kier alpha value is -10.4. The second kappa shape index (κ2) is 31.5. The monoisotopic (exact) mass is 1430 g/mol. The standard InChI is InChI=1S/C19H20F3NO.C18H20FNO.2C17H20N2O.C16H19N3O/c1-18(2,3)14-7-8-17-13(9-14)11-23(12-24-17)16-6-4-5-15(10-16)19(20,21)22;1-18(2,3)14-4-9-17-13(10-14)11-20(12-21-17)16-7-5-15(19)6-8-16;1-17(2,3)14-4-5-16-13(10-14)11-19(12-20-16)15-6-8-18-9-7-15;1-17(2,3)14-7-8-15-13(10-14)11-19(12-20-15)16-6-4-5-9-18-16;1-16(2,3)13-5-6-14-12(9-13)10-19(11-20-14)15-17-7-4-8-18-15/h4-10H,11-12H2,1-3H3;4-10H,11-12H2,1-3H3;2*4-10H,11-12H2,1-3H3;4-9H,10-11H2,1-3H3. The molecule has 0 aliphatic carbocycles. The van der Waals surface area contributed by atoms with Gasteiger partial charge in [-0.25, -0.2) is 19.3 Å². The van der Waals surface area contributed by atoms with E-state index in [0.29, 0.717) is 45.1 Å². The van der Waals surface area contributed by atoms with Crippen LogP contribution in [0.3, 0.4) is 0 Å². The number of nitrogens with zero attached hydrogens (tertiary/aromatic N) is 9. The minimum atomic E-state index is -4.34. The molecule has 105 heavy (non-hydrogen) atoms. The van der Waals surface area contributed by atoms with Crippen molar-refractivity contribution in [3.8, 4) is 28.7 Å². The van der Waals surface area contributed by atoms with Gasteiger partial charge in [0.15, 0.2) is 33.7 Å². The van der Waals surface area contributed by atoms with Crippen LogP contribution in [0.5, 0.6) is 28.7 Å². The Morgan fingerprint density at radius 1 is 0.295 bits per heavy atom. The summed E-state index contributed by atoms with van der Waals surface area (Å²) in [6.45, 7) is 39.2. The Balaban J connectivity index is 0.000000131. The number of aromatic nitrogens is 4. The molecule has 0 saturated carbocycles. The van der Waals surface area contributed by atoms with Crippen molar-refractivity contribution in [2.24, 2.45) is 0 Å². The van der Waals surface area contributed by atoms with Gasteiger partial charge >= 0.3 is 6.18 Å². The molecule has 0 fully saturated rings. The van der Waals surface area contributed by atoms with E-state index in [1.807, 2.05) is 76.9 Å². The number of benzene rings is 7. The molecule has 5 aliphatic heterocycles. The highest BCUT2D eigenvalue weighted by Gasteiger charge is 2.32. The first kappa shape index (κ1) is 75.8. The molecule has 10 aromatic rings. The quantitative estimate of drug-likeness (QED) is 0.152. The number of hydrogen-bond acceptors (Lipinski definition) is 14. The maximum Gasteiger partial charge on any atom is 0.416 e. The lowest BCUT2D eigenvalue weighted by Gasteiger charge is -2.32. The van der Waals surface area contributed by atoms with Gasteiger partial charge in [0, 0.05) is 95.5 Å². The van der Waals surface area contributed by atoms with Crippen LogP contribution < -0.4 is 48.2 Å². The largest absolute Gasteiger partial charge is 0.473 e. The Labute approximate surface area is 617 Å². The van der Waals surface area contributed by atoms with Crippen LogP contribution in [0.4, 0.5) is 46.4 Å². The molecular weight excluding hydrogens is 1330 g/mol. The van der Waals surface area contributed by atoms with Gasteiger partial charge in [-0.2, -0.15) is 13.2 Å². The second-order valence-electron chi connectivity index (χ2n) is 32.2. The lowest BCUT2D eigenvalue weighted by Crippen LogP contribution is -2.33. The van der Waals surface area contributed by atoms with Gasteiger partial charge in [0.2, 0.25) is 5.95 Å². The highest BCUT2D eigenvalue weighted by atomic mass is 19.4. The molecule has 0 spiro atoms. The lowest BCUT2D eigenvalue weighted by molar-refractivity contribution is -0.137. The number of rotatable bonds is 5. The van der Waals surface area contributed by atoms with Gasteiger partial charge < -0.3 is 48.2 Å². The summed E-state index contributed by atoms with van der Waals surface area (Å²) < 4.78 is 80.8. The lowest BCUT2D eigenvalue weighted by atomic mass is 9.86. The number of halogens is 4.